The number of halogens is 1. The van der Waals surface area contributed by atoms with Crippen LogP contribution in [0.2, 0.25) is 0 Å². The second kappa shape index (κ2) is 8.59. The molecule has 1 aromatic rings. The van der Waals surface area contributed by atoms with Gasteiger partial charge in [0.05, 0.1) is 10.4 Å². The summed E-state index contributed by atoms with van der Waals surface area (Å²) in [6, 6.07) is 1.85. The van der Waals surface area contributed by atoms with Gasteiger partial charge in [-0.2, -0.15) is 0 Å². The quantitative estimate of drug-likeness (QED) is 0.670. The minimum absolute atomic E-state index is 0.218. The van der Waals surface area contributed by atoms with Crippen LogP contribution in [0.3, 0.4) is 0 Å². The fourth-order valence-electron chi connectivity index (χ4n) is 1.69. The Kier molecular flexibility index (Phi) is 7.80. The summed E-state index contributed by atoms with van der Waals surface area (Å²) in [5.41, 5.74) is 0. The largest absolute Gasteiger partial charge is 0.383 e. The fraction of sp³-hybridized carbons (Fsp3) is 0.692. The van der Waals surface area contributed by atoms with Crippen LogP contribution in [-0.4, -0.2) is 34.2 Å². The number of rotatable bonds is 9. The van der Waals surface area contributed by atoms with Crippen molar-refractivity contribution in [3.05, 3.63) is 14.7 Å². The normalized spacial score (nSPS) is 13.8. The van der Waals surface area contributed by atoms with Crippen molar-refractivity contribution in [2.75, 3.05) is 13.7 Å². The topological polar surface area (TPSA) is 67.4 Å². The zero-order valence-electron chi connectivity index (χ0n) is 12.8. The third-order valence-electron chi connectivity index (χ3n) is 2.86. The maximum absolute atomic E-state index is 12.4. The monoisotopic (exact) mass is 398 g/mol. The van der Waals surface area contributed by atoms with Gasteiger partial charge in [0.25, 0.3) is 0 Å². The van der Waals surface area contributed by atoms with Crippen molar-refractivity contribution in [3.8, 4) is 0 Å². The van der Waals surface area contributed by atoms with Gasteiger partial charge in [0.1, 0.15) is 4.90 Å². The summed E-state index contributed by atoms with van der Waals surface area (Å²) in [4.78, 5) is 1.28. The summed E-state index contributed by atoms with van der Waals surface area (Å²) >= 11 is 4.79. The van der Waals surface area contributed by atoms with Gasteiger partial charge in [0.2, 0.25) is 10.0 Å². The smallest absolute Gasteiger partial charge is 0.242 e. The van der Waals surface area contributed by atoms with Crippen LogP contribution in [0.5, 0.6) is 0 Å². The van der Waals surface area contributed by atoms with E-state index >= 15 is 0 Å². The molecular formula is C13H23BrN2O3S2. The Bertz CT molecular complexity index is 544. The lowest BCUT2D eigenvalue weighted by atomic mass is 10.3. The summed E-state index contributed by atoms with van der Waals surface area (Å²) in [5, 5.41) is 3.28. The Balaban J connectivity index is 2.87. The molecule has 0 radical (unpaired) electrons. The highest BCUT2D eigenvalue weighted by Crippen LogP contribution is 2.31. The second-order valence-corrected chi connectivity index (χ2v) is 9.21. The highest BCUT2D eigenvalue weighted by molar-refractivity contribution is 9.11. The van der Waals surface area contributed by atoms with Gasteiger partial charge >= 0.3 is 0 Å². The third kappa shape index (κ3) is 5.96. The molecule has 1 aromatic heterocycles. The first kappa shape index (κ1) is 19.1. The van der Waals surface area contributed by atoms with Crippen molar-refractivity contribution in [1.82, 2.24) is 10.0 Å². The Morgan fingerprint density at radius 2 is 2.10 bits per heavy atom. The Labute approximate surface area is 139 Å². The molecular weight excluding hydrogens is 376 g/mol. The standard InChI is InChI=1S/C13H23BrN2O3S2/c1-5-10(8-19-4)16-21(17,18)12-6-11(20-13(12)14)7-15-9(2)3/h6,9-10,15-16H,5,7-8H2,1-4H3. The van der Waals surface area contributed by atoms with E-state index in [9.17, 15) is 8.42 Å². The van der Waals surface area contributed by atoms with Gasteiger partial charge in [-0.25, -0.2) is 13.1 Å². The van der Waals surface area contributed by atoms with Crippen LogP contribution >= 0.6 is 27.3 Å². The van der Waals surface area contributed by atoms with Gasteiger partial charge < -0.3 is 10.1 Å². The molecule has 1 rings (SSSR count). The Morgan fingerprint density at radius 1 is 1.43 bits per heavy atom. The van der Waals surface area contributed by atoms with Gasteiger partial charge in [-0.3, -0.25) is 0 Å². The van der Waals surface area contributed by atoms with Crippen LogP contribution in [0.15, 0.2) is 14.7 Å². The Morgan fingerprint density at radius 3 is 2.62 bits per heavy atom. The van der Waals surface area contributed by atoms with Gasteiger partial charge in [0.15, 0.2) is 0 Å². The molecule has 1 unspecified atom stereocenters. The molecule has 2 N–H and O–H groups in total. The average molecular weight is 399 g/mol. The molecule has 8 heteroatoms. The van der Waals surface area contributed by atoms with Gasteiger partial charge in [-0.15, -0.1) is 11.3 Å². The van der Waals surface area contributed by atoms with Crippen LogP contribution in [0, 0.1) is 0 Å². The highest BCUT2D eigenvalue weighted by atomic mass is 79.9. The second-order valence-electron chi connectivity index (χ2n) is 5.07. The van der Waals surface area contributed by atoms with Crippen LogP contribution < -0.4 is 10.0 Å². The zero-order chi connectivity index (χ0) is 16.0. The van der Waals surface area contributed by atoms with Crippen molar-refractivity contribution in [1.29, 1.82) is 0 Å². The van der Waals surface area contributed by atoms with Crippen LogP contribution in [0.4, 0.5) is 0 Å². The zero-order valence-corrected chi connectivity index (χ0v) is 16.0. The molecule has 0 aliphatic rings. The predicted molar refractivity (Wildman–Crippen MR) is 90.3 cm³/mol. The first-order valence-electron chi connectivity index (χ1n) is 6.83. The van der Waals surface area contributed by atoms with Crippen molar-refractivity contribution < 1.29 is 13.2 Å². The van der Waals surface area contributed by atoms with Crippen molar-refractivity contribution in [2.45, 2.75) is 50.7 Å². The van der Waals surface area contributed by atoms with E-state index in [1.807, 2.05) is 6.92 Å². The van der Waals surface area contributed by atoms with Crippen LogP contribution in [-0.2, 0) is 21.3 Å². The summed E-state index contributed by atoms with van der Waals surface area (Å²) in [6.07, 6.45) is 0.677. The van der Waals surface area contributed by atoms with E-state index < -0.39 is 10.0 Å². The molecule has 0 saturated carbocycles. The van der Waals surface area contributed by atoms with Crippen molar-refractivity contribution in [2.24, 2.45) is 0 Å². The first-order valence-corrected chi connectivity index (χ1v) is 9.92. The molecule has 0 aromatic carbocycles. The van der Waals surface area contributed by atoms with Crippen molar-refractivity contribution >= 4 is 37.3 Å². The lowest BCUT2D eigenvalue weighted by Crippen LogP contribution is -2.37. The number of thiophene rings is 1. The predicted octanol–water partition coefficient (Wildman–Crippen LogP) is 2.71. The molecule has 0 spiro atoms. The van der Waals surface area contributed by atoms with E-state index in [0.29, 0.717) is 34.3 Å². The molecule has 0 aliphatic carbocycles. The highest BCUT2D eigenvalue weighted by Gasteiger charge is 2.23. The van der Waals surface area contributed by atoms with Gasteiger partial charge in [-0.05, 0) is 28.4 Å². The van der Waals surface area contributed by atoms with E-state index in [4.69, 9.17) is 4.74 Å². The number of methoxy groups -OCH3 is 1. The molecule has 0 fully saturated rings. The third-order valence-corrected chi connectivity index (χ3v) is 6.64. The molecule has 1 heterocycles. The molecule has 0 bridgehead atoms. The van der Waals surface area contributed by atoms with E-state index in [2.05, 4.69) is 39.8 Å². The lowest BCUT2D eigenvalue weighted by Gasteiger charge is -2.15. The molecule has 0 amide bonds. The Hall–Kier alpha value is 0.01000. The maximum Gasteiger partial charge on any atom is 0.242 e. The first-order chi connectivity index (χ1) is 9.80. The maximum atomic E-state index is 12.4. The summed E-state index contributed by atoms with van der Waals surface area (Å²) in [7, 11) is -1.97. The molecule has 5 nitrogen and oxygen atoms in total. The van der Waals surface area contributed by atoms with Crippen LogP contribution in [0.1, 0.15) is 32.1 Å². The van der Waals surface area contributed by atoms with Crippen molar-refractivity contribution in [3.63, 3.8) is 0 Å². The van der Waals surface area contributed by atoms with Crippen LogP contribution in [0.25, 0.3) is 0 Å². The minimum atomic E-state index is -3.54. The molecule has 21 heavy (non-hydrogen) atoms. The number of sulfonamides is 1. The number of hydrogen-bond donors (Lipinski definition) is 2. The van der Waals surface area contributed by atoms with E-state index in [1.165, 1.54) is 11.3 Å². The summed E-state index contributed by atoms with van der Waals surface area (Å²) in [5.74, 6) is 0. The fourth-order valence-corrected chi connectivity index (χ4v) is 5.63. The minimum Gasteiger partial charge on any atom is -0.383 e. The molecule has 122 valence electrons. The SMILES string of the molecule is CCC(COC)NS(=O)(=O)c1cc(CNC(C)C)sc1Br. The van der Waals surface area contributed by atoms with E-state index in [1.54, 1.807) is 13.2 Å². The summed E-state index contributed by atoms with van der Waals surface area (Å²) in [6.45, 7) is 7.05. The number of nitrogens with one attached hydrogen (secondary N) is 2. The average Bonchev–Trinajstić information content (AvgIpc) is 2.77. The van der Waals surface area contributed by atoms with Gasteiger partial charge in [0, 0.05) is 30.6 Å². The molecule has 0 saturated heterocycles. The lowest BCUT2D eigenvalue weighted by molar-refractivity contribution is 0.173. The van der Waals surface area contributed by atoms with Gasteiger partial charge in [-0.1, -0.05) is 20.8 Å². The summed E-state index contributed by atoms with van der Waals surface area (Å²) < 4.78 is 33.2. The molecule has 0 aliphatic heterocycles. The van der Waals surface area contributed by atoms with E-state index in [0.717, 1.165) is 4.88 Å². The molecule has 1 atom stereocenters. The number of hydrogen-bond acceptors (Lipinski definition) is 5. The number of ether oxygens (including phenoxy) is 1. The van der Waals surface area contributed by atoms with E-state index in [-0.39, 0.29) is 6.04 Å².